The Morgan fingerprint density at radius 2 is 2.14 bits per heavy atom. The molecule has 0 saturated carbocycles. The highest BCUT2D eigenvalue weighted by Crippen LogP contribution is 2.19. The summed E-state index contributed by atoms with van der Waals surface area (Å²) in [6, 6.07) is 5.73. The first-order valence-corrected chi connectivity index (χ1v) is 4.72. The normalized spacial score (nSPS) is 10.5. The minimum atomic E-state index is 0.316. The minimum Gasteiger partial charge on any atom is -0.507 e. The third-order valence-corrected chi connectivity index (χ3v) is 2.16. The molecule has 0 heterocycles. The quantitative estimate of drug-likeness (QED) is 0.788. The van der Waals surface area contributed by atoms with E-state index in [0.717, 1.165) is 24.1 Å². The molecule has 14 heavy (non-hydrogen) atoms. The summed E-state index contributed by atoms with van der Waals surface area (Å²) in [6.07, 6.45) is 2.61. The fourth-order valence-electron chi connectivity index (χ4n) is 1.27. The lowest BCUT2D eigenvalue weighted by Gasteiger charge is -2.09. The van der Waals surface area contributed by atoms with Crippen LogP contribution < -0.4 is 0 Å². The van der Waals surface area contributed by atoms with E-state index in [1.807, 2.05) is 26.2 Å². The molecule has 0 spiro atoms. The van der Waals surface area contributed by atoms with Gasteiger partial charge in [0.1, 0.15) is 5.75 Å². The van der Waals surface area contributed by atoms with E-state index in [9.17, 15) is 5.11 Å². The predicted octanol–water partition coefficient (Wildman–Crippen LogP) is 2.14. The first-order valence-electron chi connectivity index (χ1n) is 4.72. The molecule has 1 aromatic rings. The molecule has 0 aliphatic rings. The SMILES string of the molecule is C=Cc1ccc(CCN(C)C)cc1O. The van der Waals surface area contributed by atoms with E-state index in [4.69, 9.17) is 0 Å². The number of phenolic OH excluding ortho intramolecular Hbond substituents is 1. The van der Waals surface area contributed by atoms with Gasteiger partial charge in [0.15, 0.2) is 0 Å². The molecule has 0 radical (unpaired) electrons. The summed E-state index contributed by atoms with van der Waals surface area (Å²) in [7, 11) is 4.08. The average molecular weight is 191 g/mol. The van der Waals surface area contributed by atoms with Gasteiger partial charge in [0, 0.05) is 12.1 Å². The molecular formula is C12H17NO. The number of benzene rings is 1. The summed E-state index contributed by atoms with van der Waals surface area (Å²) < 4.78 is 0. The number of hydrogen-bond acceptors (Lipinski definition) is 2. The van der Waals surface area contributed by atoms with Gasteiger partial charge in [-0.3, -0.25) is 0 Å². The Bertz CT molecular complexity index is 318. The van der Waals surface area contributed by atoms with Crippen molar-refractivity contribution in [1.82, 2.24) is 4.90 Å². The number of aromatic hydroxyl groups is 1. The van der Waals surface area contributed by atoms with Crippen molar-refractivity contribution in [2.75, 3.05) is 20.6 Å². The van der Waals surface area contributed by atoms with E-state index in [0.29, 0.717) is 5.75 Å². The van der Waals surface area contributed by atoms with Gasteiger partial charge in [0.05, 0.1) is 0 Å². The highest BCUT2D eigenvalue weighted by Gasteiger charge is 1.99. The third-order valence-electron chi connectivity index (χ3n) is 2.16. The van der Waals surface area contributed by atoms with Gasteiger partial charge in [0.25, 0.3) is 0 Å². The Balaban J connectivity index is 2.71. The van der Waals surface area contributed by atoms with Crippen molar-refractivity contribution in [1.29, 1.82) is 0 Å². The number of hydrogen-bond donors (Lipinski definition) is 1. The molecule has 0 saturated heterocycles. The minimum absolute atomic E-state index is 0.316. The largest absolute Gasteiger partial charge is 0.507 e. The lowest BCUT2D eigenvalue weighted by atomic mass is 10.1. The third kappa shape index (κ3) is 2.89. The van der Waals surface area contributed by atoms with Crippen molar-refractivity contribution in [3.63, 3.8) is 0 Å². The van der Waals surface area contributed by atoms with Gasteiger partial charge in [0.2, 0.25) is 0 Å². The molecule has 0 aliphatic carbocycles. The van der Waals surface area contributed by atoms with Gasteiger partial charge in [-0.1, -0.05) is 24.8 Å². The van der Waals surface area contributed by atoms with Crippen LogP contribution >= 0.6 is 0 Å². The van der Waals surface area contributed by atoms with Gasteiger partial charge >= 0.3 is 0 Å². The molecule has 0 aromatic heterocycles. The van der Waals surface area contributed by atoms with Crippen LogP contribution in [0.3, 0.4) is 0 Å². The zero-order chi connectivity index (χ0) is 10.6. The number of rotatable bonds is 4. The summed E-state index contributed by atoms with van der Waals surface area (Å²) >= 11 is 0. The van der Waals surface area contributed by atoms with Crippen LogP contribution in [0.4, 0.5) is 0 Å². The zero-order valence-corrected chi connectivity index (χ0v) is 8.83. The summed E-state index contributed by atoms with van der Waals surface area (Å²) in [4.78, 5) is 2.12. The van der Waals surface area contributed by atoms with Gasteiger partial charge in [-0.25, -0.2) is 0 Å². The molecule has 0 fully saturated rings. The lowest BCUT2D eigenvalue weighted by molar-refractivity contribution is 0.413. The number of phenols is 1. The monoisotopic (exact) mass is 191 g/mol. The van der Waals surface area contributed by atoms with Crippen LogP contribution in [0, 0.1) is 0 Å². The fourth-order valence-corrected chi connectivity index (χ4v) is 1.27. The Morgan fingerprint density at radius 3 is 2.64 bits per heavy atom. The van der Waals surface area contributed by atoms with E-state index < -0.39 is 0 Å². The van der Waals surface area contributed by atoms with Crippen LogP contribution in [-0.4, -0.2) is 30.6 Å². The maximum atomic E-state index is 9.57. The zero-order valence-electron chi connectivity index (χ0n) is 8.83. The summed E-state index contributed by atoms with van der Waals surface area (Å²) in [5.74, 6) is 0.316. The van der Waals surface area contributed by atoms with Crippen LogP contribution in [0.15, 0.2) is 24.8 Å². The van der Waals surface area contributed by atoms with Crippen molar-refractivity contribution < 1.29 is 5.11 Å². The number of likely N-dealkylation sites (N-methyl/N-ethyl adjacent to an activating group) is 1. The van der Waals surface area contributed by atoms with E-state index in [-0.39, 0.29) is 0 Å². The number of nitrogens with zero attached hydrogens (tertiary/aromatic N) is 1. The van der Waals surface area contributed by atoms with Crippen LogP contribution in [0.5, 0.6) is 5.75 Å². The fraction of sp³-hybridized carbons (Fsp3) is 0.333. The van der Waals surface area contributed by atoms with Gasteiger partial charge in [-0.05, 0) is 32.1 Å². The second kappa shape index (κ2) is 4.82. The smallest absolute Gasteiger partial charge is 0.123 e. The molecule has 1 aromatic carbocycles. The molecule has 0 unspecified atom stereocenters. The van der Waals surface area contributed by atoms with Crippen molar-refractivity contribution in [2.45, 2.75) is 6.42 Å². The van der Waals surface area contributed by atoms with Crippen LogP contribution in [-0.2, 0) is 6.42 Å². The predicted molar refractivity (Wildman–Crippen MR) is 60.5 cm³/mol. The van der Waals surface area contributed by atoms with Crippen molar-refractivity contribution >= 4 is 6.08 Å². The summed E-state index contributed by atoms with van der Waals surface area (Å²) in [6.45, 7) is 4.62. The first kappa shape index (κ1) is 10.8. The molecule has 76 valence electrons. The van der Waals surface area contributed by atoms with Crippen LogP contribution in [0.1, 0.15) is 11.1 Å². The average Bonchev–Trinajstić information content (AvgIpc) is 2.15. The Labute approximate surface area is 85.5 Å². The Morgan fingerprint density at radius 1 is 1.43 bits per heavy atom. The lowest BCUT2D eigenvalue weighted by Crippen LogP contribution is -2.14. The first-order chi connectivity index (χ1) is 6.63. The molecule has 2 heteroatoms. The molecule has 0 amide bonds. The Kier molecular flexibility index (Phi) is 3.72. The van der Waals surface area contributed by atoms with Crippen LogP contribution in [0.2, 0.25) is 0 Å². The summed E-state index contributed by atoms with van der Waals surface area (Å²) in [5.41, 5.74) is 1.94. The molecule has 0 bridgehead atoms. The van der Waals surface area contributed by atoms with E-state index in [1.54, 1.807) is 12.1 Å². The van der Waals surface area contributed by atoms with Crippen molar-refractivity contribution in [3.05, 3.63) is 35.9 Å². The Hall–Kier alpha value is -1.28. The van der Waals surface area contributed by atoms with E-state index in [1.165, 1.54) is 0 Å². The van der Waals surface area contributed by atoms with Gasteiger partial charge in [-0.2, -0.15) is 0 Å². The standard InChI is InChI=1S/C12H17NO/c1-4-11-6-5-10(9-12(11)14)7-8-13(2)3/h4-6,9,14H,1,7-8H2,2-3H3. The highest BCUT2D eigenvalue weighted by atomic mass is 16.3. The van der Waals surface area contributed by atoms with Crippen molar-refractivity contribution in [3.8, 4) is 5.75 Å². The van der Waals surface area contributed by atoms with Gasteiger partial charge < -0.3 is 10.0 Å². The molecule has 0 atom stereocenters. The molecule has 2 nitrogen and oxygen atoms in total. The topological polar surface area (TPSA) is 23.5 Å². The molecular weight excluding hydrogens is 174 g/mol. The summed E-state index contributed by atoms with van der Waals surface area (Å²) in [5, 5.41) is 9.57. The van der Waals surface area contributed by atoms with Gasteiger partial charge in [-0.15, -0.1) is 0 Å². The molecule has 0 aliphatic heterocycles. The van der Waals surface area contributed by atoms with E-state index in [2.05, 4.69) is 11.5 Å². The second-order valence-electron chi connectivity index (χ2n) is 3.65. The van der Waals surface area contributed by atoms with Crippen molar-refractivity contribution in [2.24, 2.45) is 0 Å². The van der Waals surface area contributed by atoms with Crippen LogP contribution in [0.25, 0.3) is 6.08 Å². The molecule has 1 rings (SSSR count). The molecule has 1 N–H and O–H groups in total. The van der Waals surface area contributed by atoms with E-state index >= 15 is 0 Å². The maximum absolute atomic E-state index is 9.57. The highest BCUT2D eigenvalue weighted by molar-refractivity contribution is 5.55. The maximum Gasteiger partial charge on any atom is 0.123 e. The second-order valence-corrected chi connectivity index (χ2v) is 3.65.